The zero-order valence-electron chi connectivity index (χ0n) is 17.8. The number of benzene rings is 1. The van der Waals surface area contributed by atoms with Crippen molar-refractivity contribution >= 4 is 28.7 Å². The number of fused-ring (bicyclic) bond motifs is 2. The minimum Gasteiger partial charge on any atom is -0.371 e. The normalized spacial score (nSPS) is 20.4. The second kappa shape index (κ2) is 8.12. The Hall–Kier alpha value is -1.84. The Kier molecular flexibility index (Phi) is 5.36. The lowest BCUT2D eigenvalue weighted by molar-refractivity contribution is 0.208. The Bertz CT molecular complexity index is 933. The number of hydrogen-bond donors (Lipinski definition) is 0. The molecule has 2 fully saturated rings. The van der Waals surface area contributed by atoms with Gasteiger partial charge in [0.05, 0.1) is 0 Å². The highest BCUT2D eigenvalue weighted by molar-refractivity contribution is 7.11. The molecule has 2 aromatic rings. The Morgan fingerprint density at radius 1 is 0.828 bits per heavy atom. The van der Waals surface area contributed by atoms with E-state index in [1.807, 2.05) is 11.3 Å². The van der Waals surface area contributed by atoms with Crippen LogP contribution in [0, 0.1) is 0 Å². The first-order chi connectivity index (χ1) is 14.2. The molecule has 1 aliphatic carbocycles. The molecule has 0 N–H and O–H groups in total. The highest BCUT2D eigenvalue weighted by Crippen LogP contribution is 2.44. The molecule has 2 nitrogen and oxygen atoms in total. The summed E-state index contributed by atoms with van der Waals surface area (Å²) in [4.78, 5) is 6.70. The quantitative estimate of drug-likeness (QED) is 0.575. The molecule has 2 saturated heterocycles. The van der Waals surface area contributed by atoms with Crippen LogP contribution in [-0.2, 0) is 0 Å². The number of piperidine rings is 2. The van der Waals surface area contributed by atoms with Crippen LogP contribution in [0.1, 0.15) is 67.5 Å². The van der Waals surface area contributed by atoms with E-state index in [0.29, 0.717) is 6.04 Å². The van der Waals surface area contributed by atoms with Crippen molar-refractivity contribution in [3.8, 4) is 0 Å². The summed E-state index contributed by atoms with van der Waals surface area (Å²) in [5.74, 6) is 0. The van der Waals surface area contributed by atoms with Gasteiger partial charge in [-0.25, -0.2) is 0 Å². The van der Waals surface area contributed by atoms with Crippen molar-refractivity contribution in [2.24, 2.45) is 0 Å². The SMILES string of the molecule is CC(C)N1CCC(=C2c3ccccc3C(N3CCCCC3)=Cc3sccc32)CC1. The van der Waals surface area contributed by atoms with Crippen LogP contribution in [0.4, 0.5) is 0 Å². The number of likely N-dealkylation sites (tertiary alicyclic amines) is 2. The first-order valence-electron chi connectivity index (χ1n) is 11.3. The molecule has 1 aromatic carbocycles. The Labute approximate surface area is 179 Å². The maximum Gasteiger partial charge on any atom is 0.0460 e. The summed E-state index contributed by atoms with van der Waals surface area (Å²) in [6, 6.07) is 12.2. The molecule has 0 unspecified atom stereocenters. The molecule has 0 amide bonds. The van der Waals surface area contributed by atoms with Gasteiger partial charge in [-0.15, -0.1) is 11.3 Å². The molecule has 3 heterocycles. The monoisotopic (exact) mass is 404 g/mol. The van der Waals surface area contributed by atoms with Gasteiger partial charge >= 0.3 is 0 Å². The summed E-state index contributed by atoms with van der Waals surface area (Å²) in [6.07, 6.45) is 8.87. The van der Waals surface area contributed by atoms with E-state index in [1.165, 1.54) is 91.1 Å². The molecule has 2 aliphatic heterocycles. The minimum atomic E-state index is 0.645. The van der Waals surface area contributed by atoms with Crippen LogP contribution in [0.2, 0.25) is 0 Å². The zero-order valence-corrected chi connectivity index (χ0v) is 18.6. The summed E-state index contributed by atoms with van der Waals surface area (Å²) in [5.41, 5.74) is 8.98. The van der Waals surface area contributed by atoms with Crippen molar-refractivity contribution in [2.45, 2.75) is 52.0 Å². The molecule has 152 valence electrons. The first kappa shape index (κ1) is 19.1. The molecule has 1 aromatic heterocycles. The average Bonchev–Trinajstić information content (AvgIpc) is 3.16. The lowest BCUT2D eigenvalue weighted by atomic mass is 9.87. The summed E-state index contributed by atoms with van der Waals surface area (Å²) in [7, 11) is 0. The van der Waals surface area contributed by atoms with Gasteiger partial charge < -0.3 is 9.80 Å². The molecule has 0 saturated carbocycles. The van der Waals surface area contributed by atoms with E-state index < -0.39 is 0 Å². The van der Waals surface area contributed by atoms with Gasteiger partial charge in [-0.05, 0) is 74.6 Å². The van der Waals surface area contributed by atoms with Gasteiger partial charge in [0.2, 0.25) is 0 Å². The lowest BCUT2D eigenvalue weighted by Crippen LogP contribution is -2.36. The lowest BCUT2D eigenvalue weighted by Gasteiger charge is -2.33. The molecule has 0 spiro atoms. The van der Waals surface area contributed by atoms with Gasteiger partial charge in [0.15, 0.2) is 0 Å². The van der Waals surface area contributed by atoms with E-state index >= 15 is 0 Å². The number of hydrogen-bond acceptors (Lipinski definition) is 3. The predicted octanol–water partition coefficient (Wildman–Crippen LogP) is 6.35. The highest BCUT2D eigenvalue weighted by atomic mass is 32.1. The maximum absolute atomic E-state index is 2.64. The molecular formula is C26H32N2S. The van der Waals surface area contributed by atoms with Gasteiger partial charge in [-0.3, -0.25) is 0 Å². The van der Waals surface area contributed by atoms with Crippen LogP contribution in [0.3, 0.4) is 0 Å². The summed E-state index contributed by atoms with van der Waals surface area (Å²) in [6.45, 7) is 9.40. The first-order valence-corrected chi connectivity index (χ1v) is 12.2. The van der Waals surface area contributed by atoms with Crippen LogP contribution in [-0.4, -0.2) is 42.0 Å². The van der Waals surface area contributed by atoms with Crippen molar-refractivity contribution < 1.29 is 0 Å². The smallest absolute Gasteiger partial charge is 0.0460 e. The van der Waals surface area contributed by atoms with E-state index in [-0.39, 0.29) is 0 Å². The third-order valence-electron chi connectivity index (χ3n) is 6.89. The second-order valence-corrected chi connectivity index (χ2v) is 9.88. The fourth-order valence-corrected chi connectivity index (χ4v) is 6.08. The van der Waals surface area contributed by atoms with E-state index in [4.69, 9.17) is 0 Å². The summed E-state index contributed by atoms with van der Waals surface area (Å²) in [5, 5.41) is 2.28. The Balaban J connectivity index is 1.63. The largest absolute Gasteiger partial charge is 0.371 e. The average molecular weight is 405 g/mol. The van der Waals surface area contributed by atoms with Crippen LogP contribution in [0.25, 0.3) is 17.3 Å². The molecule has 0 bridgehead atoms. The third-order valence-corrected chi connectivity index (χ3v) is 7.75. The molecule has 3 aliphatic rings. The van der Waals surface area contributed by atoms with Crippen molar-refractivity contribution in [3.63, 3.8) is 0 Å². The number of rotatable bonds is 2. The molecule has 3 heteroatoms. The van der Waals surface area contributed by atoms with Crippen LogP contribution in [0.5, 0.6) is 0 Å². The molecule has 0 radical (unpaired) electrons. The summed E-state index contributed by atoms with van der Waals surface area (Å²) < 4.78 is 0. The fraction of sp³-hybridized carbons (Fsp3) is 0.462. The van der Waals surface area contributed by atoms with Crippen molar-refractivity contribution in [1.82, 2.24) is 9.80 Å². The van der Waals surface area contributed by atoms with E-state index in [1.54, 1.807) is 5.57 Å². The van der Waals surface area contributed by atoms with Crippen molar-refractivity contribution in [1.29, 1.82) is 0 Å². The van der Waals surface area contributed by atoms with Gasteiger partial charge in [0, 0.05) is 53.9 Å². The van der Waals surface area contributed by atoms with Crippen LogP contribution >= 0.6 is 11.3 Å². The van der Waals surface area contributed by atoms with E-state index in [0.717, 1.165) is 0 Å². The standard InChI is InChI=1S/C26H32N2S/c1-19(2)27-15-10-20(11-16-27)26-22-9-5-4-8-21(22)24(28-13-6-3-7-14-28)18-25-23(26)12-17-29-25/h4-5,8-9,12,17-19H,3,6-7,10-11,13-16H2,1-2H3. The fourth-order valence-electron chi connectivity index (χ4n) is 5.25. The summed E-state index contributed by atoms with van der Waals surface area (Å²) >= 11 is 1.90. The second-order valence-electron chi connectivity index (χ2n) is 8.93. The number of nitrogens with zero attached hydrogens (tertiary/aromatic N) is 2. The van der Waals surface area contributed by atoms with Gasteiger partial charge in [-0.1, -0.05) is 29.8 Å². The zero-order chi connectivity index (χ0) is 19.8. The van der Waals surface area contributed by atoms with Gasteiger partial charge in [0.25, 0.3) is 0 Å². The highest BCUT2D eigenvalue weighted by Gasteiger charge is 2.27. The predicted molar refractivity (Wildman–Crippen MR) is 126 cm³/mol. The molecule has 5 rings (SSSR count). The number of thiophene rings is 1. The van der Waals surface area contributed by atoms with Crippen molar-refractivity contribution in [2.75, 3.05) is 26.2 Å². The molecule has 29 heavy (non-hydrogen) atoms. The van der Waals surface area contributed by atoms with Gasteiger partial charge in [-0.2, -0.15) is 0 Å². The topological polar surface area (TPSA) is 6.48 Å². The third kappa shape index (κ3) is 3.60. The van der Waals surface area contributed by atoms with Crippen molar-refractivity contribution in [3.05, 3.63) is 62.9 Å². The molecular weight excluding hydrogens is 372 g/mol. The Morgan fingerprint density at radius 3 is 2.28 bits per heavy atom. The minimum absolute atomic E-state index is 0.645. The molecule has 0 atom stereocenters. The maximum atomic E-state index is 2.64. The van der Waals surface area contributed by atoms with E-state index in [2.05, 4.69) is 65.4 Å². The van der Waals surface area contributed by atoms with Crippen LogP contribution < -0.4 is 0 Å². The Morgan fingerprint density at radius 2 is 1.55 bits per heavy atom. The van der Waals surface area contributed by atoms with E-state index in [9.17, 15) is 0 Å². The van der Waals surface area contributed by atoms with Gasteiger partial charge in [0.1, 0.15) is 0 Å². The van der Waals surface area contributed by atoms with Crippen LogP contribution in [0.15, 0.2) is 41.3 Å².